The maximum atomic E-state index is 10.8. The van der Waals surface area contributed by atoms with Gasteiger partial charge in [-0.15, -0.1) is 6.58 Å². The van der Waals surface area contributed by atoms with E-state index in [1.165, 1.54) is 18.2 Å². The van der Waals surface area contributed by atoms with Gasteiger partial charge in [0, 0.05) is 6.07 Å². The Morgan fingerprint density at radius 3 is 2.82 bits per heavy atom. The van der Waals surface area contributed by atoms with E-state index in [1.807, 2.05) is 0 Å². The monoisotopic (exact) mass is 235 g/mol. The van der Waals surface area contributed by atoms with Crippen LogP contribution in [0, 0.1) is 10.1 Å². The largest absolute Gasteiger partial charge is 0.486 e. The van der Waals surface area contributed by atoms with Crippen molar-refractivity contribution in [1.29, 1.82) is 0 Å². The third kappa shape index (κ3) is 3.41. The molecule has 0 saturated carbocycles. The van der Waals surface area contributed by atoms with Crippen LogP contribution in [0.5, 0.6) is 5.75 Å². The van der Waals surface area contributed by atoms with Crippen LogP contribution in [0.25, 0.3) is 0 Å². The number of para-hydroxylation sites is 1. The van der Waals surface area contributed by atoms with Gasteiger partial charge in [-0.25, -0.2) is 0 Å². The number of hydrogen-bond donors (Lipinski definition) is 0. The highest BCUT2D eigenvalue weighted by molar-refractivity contribution is 5.82. The Balaban J connectivity index is 2.89. The van der Waals surface area contributed by atoms with E-state index in [0.717, 1.165) is 6.42 Å². The topological polar surface area (TPSA) is 69.4 Å². The number of benzene rings is 1. The van der Waals surface area contributed by atoms with E-state index < -0.39 is 4.92 Å². The van der Waals surface area contributed by atoms with Gasteiger partial charge in [-0.05, 0) is 18.9 Å². The molecule has 5 heteroatoms. The Morgan fingerprint density at radius 1 is 1.47 bits per heavy atom. The van der Waals surface area contributed by atoms with Gasteiger partial charge in [-0.3, -0.25) is 14.9 Å². The molecule has 0 aromatic heterocycles. The highest BCUT2D eigenvalue weighted by atomic mass is 16.6. The van der Waals surface area contributed by atoms with Gasteiger partial charge >= 0.3 is 5.69 Å². The number of ether oxygens (including phenoxy) is 1. The summed E-state index contributed by atoms with van der Waals surface area (Å²) >= 11 is 0. The van der Waals surface area contributed by atoms with Crippen molar-refractivity contribution in [3.63, 3.8) is 0 Å². The molecule has 5 nitrogen and oxygen atoms in total. The van der Waals surface area contributed by atoms with Gasteiger partial charge in [0.1, 0.15) is 0 Å². The average Bonchev–Trinajstić information content (AvgIpc) is 2.34. The number of aldehydes is 1. The molecule has 0 radical (unpaired) electrons. The normalized spacial score (nSPS) is 9.65. The molecule has 0 heterocycles. The summed E-state index contributed by atoms with van der Waals surface area (Å²) in [5, 5.41) is 10.8. The Bertz CT molecular complexity index is 429. The lowest BCUT2D eigenvalue weighted by molar-refractivity contribution is -0.385. The lowest BCUT2D eigenvalue weighted by Crippen LogP contribution is -2.03. The van der Waals surface area contributed by atoms with Crippen LogP contribution < -0.4 is 4.74 Å². The molecule has 0 fully saturated rings. The summed E-state index contributed by atoms with van der Waals surface area (Å²) in [4.78, 5) is 21.0. The minimum absolute atomic E-state index is 0.0385. The number of rotatable bonds is 7. The lowest BCUT2D eigenvalue weighted by atomic mass is 10.2. The number of allylic oxidation sites excluding steroid dienone is 1. The van der Waals surface area contributed by atoms with Gasteiger partial charge in [0.2, 0.25) is 5.75 Å². The van der Waals surface area contributed by atoms with Crippen LogP contribution in [0.1, 0.15) is 23.2 Å². The predicted molar refractivity (Wildman–Crippen MR) is 63.4 cm³/mol. The van der Waals surface area contributed by atoms with Crippen LogP contribution in [0.15, 0.2) is 30.9 Å². The zero-order chi connectivity index (χ0) is 12.7. The second-order valence-electron chi connectivity index (χ2n) is 3.35. The van der Waals surface area contributed by atoms with Gasteiger partial charge in [-0.2, -0.15) is 0 Å². The van der Waals surface area contributed by atoms with E-state index in [2.05, 4.69) is 6.58 Å². The minimum atomic E-state index is -0.560. The fourth-order valence-electron chi connectivity index (χ4n) is 1.34. The number of hydrogen-bond acceptors (Lipinski definition) is 4. The molecule has 0 bridgehead atoms. The van der Waals surface area contributed by atoms with Crippen molar-refractivity contribution < 1.29 is 14.5 Å². The molecule has 0 N–H and O–H groups in total. The predicted octanol–water partition coefficient (Wildman–Crippen LogP) is 2.75. The molecule has 0 spiro atoms. The van der Waals surface area contributed by atoms with Crippen molar-refractivity contribution in [2.75, 3.05) is 6.61 Å². The van der Waals surface area contributed by atoms with Crippen molar-refractivity contribution in [3.05, 3.63) is 46.5 Å². The molecule has 90 valence electrons. The highest BCUT2D eigenvalue weighted by Crippen LogP contribution is 2.29. The molecule has 1 aromatic carbocycles. The summed E-state index contributed by atoms with van der Waals surface area (Å²) in [6.45, 7) is 3.88. The number of nitrogens with zero attached hydrogens (tertiary/aromatic N) is 1. The van der Waals surface area contributed by atoms with Crippen LogP contribution in [-0.4, -0.2) is 17.8 Å². The molecule has 0 aliphatic rings. The van der Waals surface area contributed by atoms with Crippen molar-refractivity contribution in [1.82, 2.24) is 0 Å². The Morgan fingerprint density at radius 2 is 2.24 bits per heavy atom. The zero-order valence-electron chi connectivity index (χ0n) is 9.30. The number of carbonyl (C=O) groups excluding carboxylic acids is 1. The van der Waals surface area contributed by atoms with Crippen molar-refractivity contribution in [2.45, 2.75) is 12.8 Å². The molecule has 0 aliphatic heterocycles. The smallest absolute Gasteiger partial charge is 0.311 e. The molecule has 0 aliphatic carbocycles. The molecular formula is C12H13NO4. The first-order chi connectivity index (χ1) is 8.20. The summed E-state index contributed by atoms with van der Waals surface area (Å²) in [7, 11) is 0. The first-order valence-corrected chi connectivity index (χ1v) is 5.17. The SMILES string of the molecule is C=CCCCOc1c(C=O)cccc1[N+](=O)[O-]. The molecule has 1 aromatic rings. The molecular weight excluding hydrogens is 222 g/mol. The zero-order valence-corrected chi connectivity index (χ0v) is 9.30. The maximum Gasteiger partial charge on any atom is 0.311 e. The lowest BCUT2D eigenvalue weighted by Gasteiger charge is -2.07. The summed E-state index contributed by atoms with van der Waals surface area (Å²) < 4.78 is 5.30. The number of carbonyl (C=O) groups is 1. The molecule has 17 heavy (non-hydrogen) atoms. The van der Waals surface area contributed by atoms with Crippen LogP contribution in [0.3, 0.4) is 0 Å². The number of nitro groups is 1. The van der Waals surface area contributed by atoms with Crippen LogP contribution in [-0.2, 0) is 0 Å². The fraction of sp³-hybridized carbons (Fsp3) is 0.250. The highest BCUT2D eigenvalue weighted by Gasteiger charge is 2.18. The van der Waals surface area contributed by atoms with Crippen molar-refractivity contribution in [2.24, 2.45) is 0 Å². The van der Waals surface area contributed by atoms with Crippen LogP contribution in [0.4, 0.5) is 5.69 Å². The summed E-state index contributed by atoms with van der Waals surface area (Å²) in [5.41, 5.74) is 0.00556. The average molecular weight is 235 g/mol. The molecule has 0 unspecified atom stereocenters. The van der Waals surface area contributed by atoms with E-state index in [-0.39, 0.29) is 17.0 Å². The van der Waals surface area contributed by atoms with Crippen LogP contribution >= 0.6 is 0 Å². The van der Waals surface area contributed by atoms with Crippen molar-refractivity contribution >= 4 is 12.0 Å². The van der Waals surface area contributed by atoms with Gasteiger partial charge in [0.25, 0.3) is 0 Å². The third-order valence-electron chi connectivity index (χ3n) is 2.15. The van der Waals surface area contributed by atoms with E-state index in [9.17, 15) is 14.9 Å². The third-order valence-corrected chi connectivity index (χ3v) is 2.15. The first kappa shape index (κ1) is 12.9. The second kappa shape index (κ2) is 6.42. The van der Waals surface area contributed by atoms with Crippen molar-refractivity contribution in [3.8, 4) is 5.75 Å². The summed E-state index contributed by atoms with van der Waals surface area (Å²) in [6.07, 6.45) is 3.75. The van der Waals surface area contributed by atoms with E-state index in [0.29, 0.717) is 19.3 Å². The molecule has 0 amide bonds. The first-order valence-electron chi connectivity index (χ1n) is 5.17. The molecule has 0 atom stereocenters. The van der Waals surface area contributed by atoms with Crippen LogP contribution in [0.2, 0.25) is 0 Å². The Hall–Kier alpha value is -2.17. The Labute approximate surface area is 98.9 Å². The minimum Gasteiger partial charge on any atom is -0.486 e. The number of unbranched alkanes of at least 4 members (excludes halogenated alkanes) is 1. The second-order valence-corrected chi connectivity index (χ2v) is 3.35. The summed E-state index contributed by atoms with van der Waals surface area (Å²) in [5.74, 6) is 0.0385. The number of nitro benzene ring substituents is 1. The fourth-order valence-corrected chi connectivity index (χ4v) is 1.34. The van der Waals surface area contributed by atoms with Gasteiger partial charge in [0.05, 0.1) is 17.1 Å². The Kier molecular flexibility index (Phi) is 4.87. The van der Waals surface area contributed by atoms with Gasteiger partial charge in [-0.1, -0.05) is 12.1 Å². The van der Waals surface area contributed by atoms with Gasteiger partial charge in [0.15, 0.2) is 6.29 Å². The maximum absolute atomic E-state index is 10.8. The van der Waals surface area contributed by atoms with E-state index >= 15 is 0 Å². The molecule has 1 rings (SSSR count). The quantitative estimate of drug-likeness (QED) is 0.239. The van der Waals surface area contributed by atoms with E-state index in [4.69, 9.17) is 4.74 Å². The molecule has 0 saturated heterocycles. The van der Waals surface area contributed by atoms with E-state index in [1.54, 1.807) is 6.08 Å². The summed E-state index contributed by atoms with van der Waals surface area (Å²) in [6, 6.07) is 4.26. The standard InChI is InChI=1S/C12H13NO4/c1-2-3-4-8-17-12-10(9-14)6-5-7-11(12)13(15)16/h2,5-7,9H,1,3-4,8H2. The van der Waals surface area contributed by atoms with Gasteiger partial charge < -0.3 is 4.74 Å².